The first-order valence-electron chi connectivity index (χ1n) is 6.50. The molecule has 1 aliphatic rings. The number of nitrogens with zero attached hydrogens (tertiary/aromatic N) is 1. The van der Waals surface area contributed by atoms with Crippen LogP contribution in [0, 0.1) is 5.92 Å². The van der Waals surface area contributed by atoms with Crippen LogP contribution in [0.1, 0.15) is 25.3 Å². The molecule has 0 radical (unpaired) electrons. The van der Waals surface area contributed by atoms with Crippen molar-refractivity contribution >= 4 is 17.3 Å². The van der Waals surface area contributed by atoms with Crippen molar-refractivity contribution in [3.63, 3.8) is 0 Å². The fourth-order valence-electron chi connectivity index (χ4n) is 2.54. The molecule has 1 aromatic carbocycles. The van der Waals surface area contributed by atoms with Gasteiger partial charge in [0.2, 0.25) is 0 Å². The minimum Gasteiger partial charge on any atom is -0.398 e. The summed E-state index contributed by atoms with van der Waals surface area (Å²) in [5, 5.41) is 10.2. The number of aliphatic hydroxyl groups is 1. The Morgan fingerprint density at radius 1 is 1.44 bits per heavy atom. The van der Waals surface area contributed by atoms with E-state index in [4.69, 9.17) is 17.3 Å². The summed E-state index contributed by atoms with van der Waals surface area (Å²) in [6, 6.07) is 5.83. The predicted octanol–water partition coefficient (Wildman–Crippen LogP) is 2.52. The van der Waals surface area contributed by atoms with Crippen LogP contribution >= 0.6 is 11.6 Å². The molecule has 1 unspecified atom stereocenters. The molecule has 3 nitrogen and oxygen atoms in total. The third-order valence-corrected chi connectivity index (χ3v) is 4.13. The van der Waals surface area contributed by atoms with Gasteiger partial charge in [-0.15, -0.1) is 0 Å². The molecule has 0 amide bonds. The highest BCUT2D eigenvalue weighted by Crippen LogP contribution is 2.24. The Morgan fingerprint density at radius 2 is 2.11 bits per heavy atom. The van der Waals surface area contributed by atoms with Crippen molar-refractivity contribution in [2.45, 2.75) is 32.4 Å². The summed E-state index contributed by atoms with van der Waals surface area (Å²) < 4.78 is 0. The van der Waals surface area contributed by atoms with Gasteiger partial charge in [0.25, 0.3) is 0 Å². The van der Waals surface area contributed by atoms with Crippen LogP contribution in [0.15, 0.2) is 18.2 Å². The Morgan fingerprint density at radius 3 is 2.67 bits per heavy atom. The number of nitrogen functional groups attached to an aromatic ring is 1. The normalized spacial score (nSPS) is 19.9. The van der Waals surface area contributed by atoms with Crippen LogP contribution in [-0.4, -0.2) is 29.2 Å². The molecule has 1 atom stereocenters. The average Bonchev–Trinajstić information content (AvgIpc) is 2.34. The van der Waals surface area contributed by atoms with Gasteiger partial charge in [0, 0.05) is 6.54 Å². The summed E-state index contributed by atoms with van der Waals surface area (Å²) >= 11 is 5.91. The highest BCUT2D eigenvalue weighted by Gasteiger charge is 2.22. The monoisotopic (exact) mass is 268 g/mol. The number of piperidine rings is 1. The van der Waals surface area contributed by atoms with Crippen LogP contribution in [0.4, 0.5) is 5.69 Å². The molecule has 100 valence electrons. The molecule has 1 aliphatic heterocycles. The van der Waals surface area contributed by atoms with E-state index in [1.807, 2.05) is 25.1 Å². The zero-order valence-corrected chi connectivity index (χ0v) is 11.5. The maximum atomic E-state index is 9.57. The molecule has 4 heteroatoms. The largest absolute Gasteiger partial charge is 0.398 e. The van der Waals surface area contributed by atoms with Crippen molar-refractivity contribution in [3.05, 3.63) is 28.8 Å². The lowest BCUT2D eigenvalue weighted by Gasteiger charge is -2.33. The number of halogens is 1. The van der Waals surface area contributed by atoms with E-state index in [-0.39, 0.29) is 6.10 Å². The van der Waals surface area contributed by atoms with Gasteiger partial charge in [0.1, 0.15) is 0 Å². The van der Waals surface area contributed by atoms with Gasteiger partial charge in [-0.05, 0) is 56.5 Å². The van der Waals surface area contributed by atoms with E-state index < -0.39 is 0 Å². The molecule has 1 heterocycles. The molecule has 1 fully saturated rings. The Labute approximate surface area is 114 Å². The van der Waals surface area contributed by atoms with Gasteiger partial charge in [-0.25, -0.2) is 0 Å². The summed E-state index contributed by atoms with van der Waals surface area (Å²) in [6.07, 6.45) is 1.96. The van der Waals surface area contributed by atoms with Gasteiger partial charge >= 0.3 is 0 Å². The van der Waals surface area contributed by atoms with Gasteiger partial charge in [-0.1, -0.05) is 17.7 Å². The van der Waals surface area contributed by atoms with Crippen LogP contribution in [0.5, 0.6) is 0 Å². The second-order valence-corrected chi connectivity index (χ2v) is 5.62. The molecule has 2 rings (SSSR count). The molecule has 18 heavy (non-hydrogen) atoms. The van der Waals surface area contributed by atoms with E-state index in [0.717, 1.165) is 32.5 Å². The Kier molecular flexibility index (Phi) is 4.49. The van der Waals surface area contributed by atoms with Gasteiger partial charge in [-0.2, -0.15) is 0 Å². The van der Waals surface area contributed by atoms with Crippen molar-refractivity contribution < 1.29 is 5.11 Å². The van der Waals surface area contributed by atoms with Crippen LogP contribution in [0.3, 0.4) is 0 Å². The molecular formula is C14H21ClN2O. The summed E-state index contributed by atoms with van der Waals surface area (Å²) in [4.78, 5) is 2.40. The van der Waals surface area contributed by atoms with E-state index in [2.05, 4.69) is 4.90 Å². The van der Waals surface area contributed by atoms with Crippen molar-refractivity contribution in [3.8, 4) is 0 Å². The van der Waals surface area contributed by atoms with Crippen molar-refractivity contribution in [2.24, 2.45) is 5.92 Å². The number of rotatable bonds is 3. The van der Waals surface area contributed by atoms with Crippen LogP contribution in [0.25, 0.3) is 0 Å². The van der Waals surface area contributed by atoms with E-state index in [9.17, 15) is 5.11 Å². The van der Waals surface area contributed by atoms with Crippen LogP contribution < -0.4 is 5.73 Å². The smallest absolute Gasteiger partial charge is 0.0635 e. The molecule has 1 aromatic rings. The summed E-state index contributed by atoms with van der Waals surface area (Å²) in [5.41, 5.74) is 7.65. The number of likely N-dealkylation sites (tertiary alicyclic amines) is 1. The number of benzene rings is 1. The first kappa shape index (κ1) is 13.7. The van der Waals surface area contributed by atoms with E-state index in [1.165, 1.54) is 5.56 Å². The minimum atomic E-state index is -0.182. The molecule has 0 spiro atoms. The maximum Gasteiger partial charge on any atom is 0.0635 e. The summed E-state index contributed by atoms with van der Waals surface area (Å²) in [5.74, 6) is 0.455. The van der Waals surface area contributed by atoms with Crippen LogP contribution in [0.2, 0.25) is 5.02 Å². The fraction of sp³-hybridized carbons (Fsp3) is 0.571. The highest BCUT2D eigenvalue weighted by atomic mass is 35.5. The highest BCUT2D eigenvalue weighted by molar-refractivity contribution is 6.33. The Bertz CT molecular complexity index is 401. The molecule has 0 aromatic heterocycles. The van der Waals surface area contributed by atoms with Gasteiger partial charge in [0.05, 0.1) is 16.8 Å². The lowest BCUT2D eigenvalue weighted by Crippen LogP contribution is -2.36. The van der Waals surface area contributed by atoms with Gasteiger partial charge in [0.15, 0.2) is 0 Å². The number of anilines is 1. The van der Waals surface area contributed by atoms with E-state index in [1.54, 1.807) is 0 Å². The SMILES string of the molecule is CC(O)C1CCN(Cc2ccc(Cl)c(N)c2)CC1. The van der Waals surface area contributed by atoms with Crippen molar-refractivity contribution in [1.82, 2.24) is 4.90 Å². The average molecular weight is 269 g/mol. The molecule has 1 saturated heterocycles. The topological polar surface area (TPSA) is 49.5 Å². The fourth-order valence-corrected chi connectivity index (χ4v) is 2.66. The first-order valence-corrected chi connectivity index (χ1v) is 6.88. The number of aliphatic hydroxyl groups excluding tert-OH is 1. The zero-order valence-electron chi connectivity index (χ0n) is 10.8. The molecule has 0 saturated carbocycles. The third kappa shape index (κ3) is 3.37. The maximum absolute atomic E-state index is 9.57. The third-order valence-electron chi connectivity index (χ3n) is 3.78. The summed E-state index contributed by atoms with van der Waals surface area (Å²) in [7, 11) is 0. The minimum absolute atomic E-state index is 0.182. The Hall–Kier alpha value is -0.770. The summed E-state index contributed by atoms with van der Waals surface area (Å²) in [6.45, 7) is 4.88. The quantitative estimate of drug-likeness (QED) is 0.829. The molecular weight excluding hydrogens is 248 g/mol. The van der Waals surface area contributed by atoms with E-state index >= 15 is 0 Å². The molecule has 0 bridgehead atoms. The second kappa shape index (κ2) is 5.91. The Balaban J connectivity index is 1.89. The molecule has 0 aliphatic carbocycles. The number of hydrogen-bond donors (Lipinski definition) is 2. The van der Waals surface area contributed by atoms with Gasteiger partial charge < -0.3 is 10.8 Å². The van der Waals surface area contributed by atoms with Crippen LogP contribution in [-0.2, 0) is 6.54 Å². The molecule has 3 N–H and O–H groups in total. The first-order chi connectivity index (χ1) is 8.56. The van der Waals surface area contributed by atoms with Crippen molar-refractivity contribution in [2.75, 3.05) is 18.8 Å². The predicted molar refractivity (Wildman–Crippen MR) is 75.5 cm³/mol. The zero-order chi connectivity index (χ0) is 13.1. The van der Waals surface area contributed by atoms with Gasteiger partial charge in [-0.3, -0.25) is 4.90 Å². The second-order valence-electron chi connectivity index (χ2n) is 5.21. The number of hydrogen-bond acceptors (Lipinski definition) is 3. The number of nitrogens with two attached hydrogens (primary N) is 1. The lowest BCUT2D eigenvalue weighted by atomic mass is 9.92. The standard InChI is InChI=1S/C14H21ClN2O/c1-10(18)12-4-6-17(7-5-12)9-11-2-3-13(15)14(16)8-11/h2-3,8,10,12,18H,4-7,9,16H2,1H3. The lowest BCUT2D eigenvalue weighted by molar-refractivity contribution is 0.0695. The van der Waals surface area contributed by atoms with E-state index in [0.29, 0.717) is 16.6 Å². The van der Waals surface area contributed by atoms with Crippen molar-refractivity contribution in [1.29, 1.82) is 0 Å².